The van der Waals surface area contributed by atoms with Gasteiger partial charge in [0.2, 0.25) is 0 Å². The van der Waals surface area contributed by atoms with E-state index in [1.54, 1.807) is 0 Å². The summed E-state index contributed by atoms with van der Waals surface area (Å²) in [5.41, 5.74) is -0.185. The van der Waals surface area contributed by atoms with Crippen molar-refractivity contribution in [1.82, 2.24) is 0 Å². The van der Waals surface area contributed by atoms with Crippen molar-refractivity contribution in [2.24, 2.45) is 0 Å². The summed E-state index contributed by atoms with van der Waals surface area (Å²) in [6, 6.07) is 1.16. The molecule has 1 rings (SSSR count). The molecular formula is C9H14N2O4S2. The van der Waals surface area contributed by atoms with E-state index in [0.717, 1.165) is 30.1 Å². The molecule has 0 aliphatic heterocycles. The van der Waals surface area contributed by atoms with E-state index in [0.29, 0.717) is 5.00 Å². The molecule has 6 nitrogen and oxygen atoms in total. The Labute approximate surface area is 104 Å². The first-order chi connectivity index (χ1) is 7.75. The summed E-state index contributed by atoms with van der Waals surface area (Å²) in [5.74, 6) is 0. The number of sulfone groups is 1. The third-order valence-electron chi connectivity index (χ3n) is 2.24. The van der Waals surface area contributed by atoms with Gasteiger partial charge in [-0.05, 0) is 13.3 Å². The minimum atomic E-state index is -3.41. The van der Waals surface area contributed by atoms with Crippen molar-refractivity contribution in [3.63, 3.8) is 0 Å². The second-order valence-corrected chi connectivity index (χ2v) is 7.06. The number of hydrogen-bond donors (Lipinski definition) is 1. The number of nitrogens with zero attached hydrogens (tertiary/aromatic N) is 1. The smallest absolute Gasteiger partial charge is 0.304 e. The quantitative estimate of drug-likeness (QED) is 0.659. The first-order valence-corrected chi connectivity index (χ1v) is 7.71. The van der Waals surface area contributed by atoms with Gasteiger partial charge in [0.1, 0.15) is 4.21 Å². The van der Waals surface area contributed by atoms with Gasteiger partial charge in [-0.15, -0.1) is 0 Å². The zero-order valence-electron chi connectivity index (χ0n) is 9.76. The molecule has 96 valence electrons. The molecule has 0 radical (unpaired) electrons. The molecule has 0 saturated carbocycles. The SMILES string of the molecule is CCC(C)Nc1sc(S(C)(=O)=O)cc1[N+](=O)[O-]. The van der Waals surface area contributed by atoms with Crippen molar-refractivity contribution in [2.45, 2.75) is 30.5 Å². The highest BCUT2D eigenvalue weighted by atomic mass is 32.2. The van der Waals surface area contributed by atoms with Gasteiger partial charge in [0.15, 0.2) is 14.8 Å². The van der Waals surface area contributed by atoms with Crippen LogP contribution in [0.5, 0.6) is 0 Å². The van der Waals surface area contributed by atoms with Crippen LogP contribution in [0, 0.1) is 10.1 Å². The fourth-order valence-corrected chi connectivity index (χ4v) is 3.16. The van der Waals surface area contributed by atoms with Crippen molar-refractivity contribution in [1.29, 1.82) is 0 Å². The fraction of sp³-hybridized carbons (Fsp3) is 0.556. The normalized spacial score (nSPS) is 13.4. The van der Waals surface area contributed by atoms with E-state index in [1.165, 1.54) is 0 Å². The Morgan fingerprint density at radius 3 is 2.59 bits per heavy atom. The molecule has 0 spiro atoms. The van der Waals surface area contributed by atoms with Crippen LogP contribution < -0.4 is 5.32 Å². The van der Waals surface area contributed by atoms with Gasteiger partial charge in [0, 0.05) is 18.4 Å². The lowest BCUT2D eigenvalue weighted by Crippen LogP contribution is -2.13. The predicted octanol–water partition coefficient (Wildman–Crippen LogP) is 2.27. The third kappa shape index (κ3) is 3.40. The highest BCUT2D eigenvalue weighted by Gasteiger charge is 2.24. The van der Waals surface area contributed by atoms with E-state index in [4.69, 9.17) is 0 Å². The van der Waals surface area contributed by atoms with Crippen molar-refractivity contribution in [2.75, 3.05) is 11.6 Å². The fourth-order valence-electron chi connectivity index (χ4n) is 1.11. The molecule has 1 N–H and O–H groups in total. The minimum absolute atomic E-state index is 0.00926. The molecule has 1 unspecified atom stereocenters. The monoisotopic (exact) mass is 278 g/mol. The largest absolute Gasteiger partial charge is 0.369 e. The topological polar surface area (TPSA) is 89.3 Å². The summed E-state index contributed by atoms with van der Waals surface area (Å²) in [6.07, 6.45) is 1.83. The van der Waals surface area contributed by atoms with Crippen LogP contribution >= 0.6 is 11.3 Å². The Hall–Kier alpha value is -1.15. The highest BCUT2D eigenvalue weighted by molar-refractivity contribution is 7.92. The zero-order valence-corrected chi connectivity index (χ0v) is 11.4. The van der Waals surface area contributed by atoms with Gasteiger partial charge in [-0.2, -0.15) is 0 Å². The molecule has 1 aromatic heterocycles. The van der Waals surface area contributed by atoms with Crippen LogP contribution in [0.2, 0.25) is 0 Å². The molecule has 8 heteroatoms. The van der Waals surface area contributed by atoms with Gasteiger partial charge in [-0.3, -0.25) is 10.1 Å². The molecule has 0 aliphatic rings. The average Bonchev–Trinajstić information content (AvgIpc) is 2.61. The molecule has 0 bridgehead atoms. The summed E-state index contributed by atoms with van der Waals surface area (Å²) < 4.78 is 22.7. The minimum Gasteiger partial charge on any atom is -0.369 e. The Kier molecular flexibility index (Phi) is 4.10. The third-order valence-corrected chi connectivity index (χ3v) is 5.10. The summed E-state index contributed by atoms with van der Waals surface area (Å²) in [7, 11) is -3.41. The lowest BCUT2D eigenvalue weighted by atomic mass is 10.3. The Balaban J connectivity index is 3.19. The molecule has 0 saturated heterocycles. The number of anilines is 1. The summed E-state index contributed by atoms with van der Waals surface area (Å²) in [4.78, 5) is 10.2. The van der Waals surface area contributed by atoms with Crippen LogP contribution in [0.15, 0.2) is 10.3 Å². The highest BCUT2D eigenvalue weighted by Crippen LogP contribution is 2.37. The Morgan fingerprint density at radius 2 is 2.18 bits per heavy atom. The number of nitrogens with one attached hydrogen (secondary N) is 1. The van der Waals surface area contributed by atoms with E-state index < -0.39 is 14.8 Å². The maximum Gasteiger partial charge on any atom is 0.304 e. The first-order valence-electron chi connectivity index (χ1n) is 5.00. The molecule has 1 heterocycles. The Morgan fingerprint density at radius 1 is 1.59 bits per heavy atom. The van der Waals surface area contributed by atoms with Gasteiger partial charge in [-0.25, -0.2) is 8.42 Å². The number of nitro groups is 1. The van der Waals surface area contributed by atoms with E-state index in [1.807, 2.05) is 13.8 Å². The zero-order chi connectivity index (χ0) is 13.2. The predicted molar refractivity (Wildman–Crippen MR) is 67.5 cm³/mol. The van der Waals surface area contributed by atoms with E-state index in [9.17, 15) is 18.5 Å². The van der Waals surface area contributed by atoms with Crippen LogP contribution in [-0.2, 0) is 9.84 Å². The maximum atomic E-state index is 11.3. The van der Waals surface area contributed by atoms with Crippen LogP contribution in [0.1, 0.15) is 20.3 Å². The second-order valence-electron chi connectivity index (χ2n) is 3.76. The molecule has 1 aromatic rings. The van der Waals surface area contributed by atoms with E-state index >= 15 is 0 Å². The molecule has 0 aromatic carbocycles. The number of rotatable bonds is 5. The molecule has 17 heavy (non-hydrogen) atoms. The van der Waals surface area contributed by atoms with Gasteiger partial charge in [0.05, 0.1) is 4.92 Å². The van der Waals surface area contributed by atoms with Crippen molar-refractivity contribution in [3.05, 3.63) is 16.2 Å². The Bertz CT molecular complexity index is 521. The summed E-state index contributed by atoms with van der Waals surface area (Å²) >= 11 is 0.898. The van der Waals surface area contributed by atoms with Gasteiger partial charge in [-0.1, -0.05) is 18.3 Å². The number of hydrogen-bond acceptors (Lipinski definition) is 6. The molecule has 0 aliphatic carbocycles. The molecule has 0 amide bonds. The van der Waals surface area contributed by atoms with E-state index in [2.05, 4.69) is 5.32 Å². The lowest BCUT2D eigenvalue weighted by molar-refractivity contribution is -0.383. The summed E-state index contributed by atoms with van der Waals surface area (Å²) in [6.45, 7) is 3.82. The van der Waals surface area contributed by atoms with Crippen LogP contribution in [0.4, 0.5) is 10.7 Å². The van der Waals surface area contributed by atoms with Crippen molar-refractivity contribution in [3.8, 4) is 0 Å². The summed E-state index contributed by atoms with van der Waals surface area (Å²) in [5, 5.41) is 14.1. The van der Waals surface area contributed by atoms with Crippen molar-refractivity contribution >= 4 is 31.9 Å². The standard InChI is InChI=1S/C9H14N2O4S2/c1-4-6(2)10-9-7(11(12)13)5-8(16-9)17(3,14)15/h5-6,10H,4H2,1-3H3. The van der Waals surface area contributed by atoms with Crippen LogP contribution in [0.3, 0.4) is 0 Å². The number of thiophene rings is 1. The first kappa shape index (κ1) is 13.9. The molecule has 0 fully saturated rings. The van der Waals surface area contributed by atoms with Gasteiger partial charge >= 0.3 is 5.69 Å². The lowest BCUT2D eigenvalue weighted by Gasteiger charge is -2.09. The van der Waals surface area contributed by atoms with Gasteiger partial charge in [0.25, 0.3) is 0 Å². The maximum absolute atomic E-state index is 11.3. The van der Waals surface area contributed by atoms with E-state index in [-0.39, 0.29) is 15.9 Å². The van der Waals surface area contributed by atoms with Gasteiger partial charge < -0.3 is 5.32 Å². The second kappa shape index (κ2) is 5.01. The van der Waals surface area contributed by atoms with Crippen LogP contribution in [0.25, 0.3) is 0 Å². The molecular weight excluding hydrogens is 264 g/mol. The average molecular weight is 278 g/mol. The van der Waals surface area contributed by atoms with Crippen molar-refractivity contribution < 1.29 is 13.3 Å². The van der Waals surface area contributed by atoms with Crippen LogP contribution in [-0.4, -0.2) is 25.6 Å². The molecule has 1 atom stereocenters.